The fourth-order valence-electron chi connectivity index (χ4n) is 3.53. The van der Waals surface area contributed by atoms with Gasteiger partial charge in [0.05, 0.1) is 7.11 Å². The highest BCUT2D eigenvalue weighted by atomic mass is 16.5. The third-order valence-corrected chi connectivity index (χ3v) is 4.50. The summed E-state index contributed by atoms with van der Waals surface area (Å²) >= 11 is 0. The van der Waals surface area contributed by atoms with E-state index in [0.29, 0.717) is 18.3 Å². The number of ketones is 1. The molecule has 6 heteroatoms. The Bertz CT molecular complexity index is 808. The molecular formula is C17H18N4O2. The van der Waals surface area contributed by atoms with Crippen molar-refractivity contribution in [2.75, 3.05) is 12.4 Å². The Balaban J connectivity index is 1.94. The highest BCUT2D eigenvalue weighted by Gasteiger charge is 2.38. The average Bonchev–Trinajstić information content (AvgIpc) is 3.00. The van der Waals surface area contributed by atoms with Gasteiger partial charge >= 0.3 is 0 Å². The van der Waals surface area contributed by atoms with Crippen LogP contribution in [0.5, 0.6) is 5.75 Å². The lowest BCUT2D eigenvalue weighted by molar-refractivity contribution is -0.117. The van der Waals surface area contributed by atoms with E-state index in [0.717, 1.165) is 29.0 Å². The van der Waals surface area contributed by atoms with Gasteiger partial charge in [-0.15, -0.1) is 0 Å². The smallest absolute Gasteiger partial charge is 0.226 e. The molecule has 0 bridgehead atoms. The third kappa shape index (κ3) is 2.13. The Kier molecular flexibility index (Phi) is 3.18. The molecule has 2 aromatic rings. The van der Waals surface area contributed by atoms with Gasteiger partial charge in [0.25, 0.3) is 0 Å². The average molecular weight is 310 g/mol. The minimum Gasteiger partial charge on any atom is -0.496 e. The molecule has 0 amide bonds. The lowest BCUT2D eigenvalue weighted by Gasteiger charge is -2.34. The number of para-hydroxylation sites is 1. The summed E-state index contributed by atoms with van der Waals surface area (Å²) < 4.78 is 7.28. The van der Waals surface area contributed by atoms with Gasteiger partial charge in [-0.05, 0) is 18.4 Å². The Morgan fingerprint density at radius 3 is 2.96 bits per heavy atom. The summed E-state index contributed by atoms with van der Waals surface area (Å²) in [5.41, 5.74) is 2.68. The number of aromatic nitrogens is 3. The fourth-order valence-corrected chi connectivity index (χ4v) is 3.53. The number of allylic oxidation sites excluding steroid dienone is 2. The van der Waals surface area contributed by atoms with Gasteiger partial charge in [-0.2, -0.15) is 10.1 Å². The quantitative estimate of drug-likeness (QED) is 0.923. The minimum absolute atomic E-state index is 0.170. The summed E-state index contributed by atoms with van der Waals surface area (Å²) in [5.74, 6) is 1.92. The zero-order valence-corrected chi connectivity index (χ0v) is 13.1. The summed E-state index contributed by atoms with van der Waals surface area (Å²) in [7, 11) is 1.64. The molecule has 1 aromatic heterocycles. The Morgan fingerprint density at radius 1 is 1.30 bits per heavy atom. The van der Waals surface area contributed by atoms with Crippen LogP contribution in [0, 0.1) is 5.92 Å². The maximum atomic E-state index is 12.8. The van der Waals surface area contributed by atoms with Gasteiger partial charge in [0, 0.05) is 23.3 Å². The van der Waals surface area contributed by atoms with Crippen molar-refractivity contribution < 1.29 is 9.53 Å². The van der Waals surface area contributed by atoms with E-state index in [1.54, 1.807) is 11.8 Å². The Hall–Kier alpha value is -2.63. The normalized spacial score (nSPS) is 23.1. The number of Topliss-reactive ketones (excluding diaryl/α,β-unsaturated/α-hetero) is 1. The number of rotatable bonds is 2. The van der Waals surface area contributed by atoms with Crippen LogP contribution in [0.3, 0.4) is 0 Å². The molecule has 23 heavy (non-hydrogen) atoms. The molecular weight excluding hydrogens is 292 g/mol. The second-order valence-corrected chi connectivity index (χ2v) is 6.13. The van der Waals surface area contributed by atoms with Gasteiger partial charge in [0.2, 0.25) is 5.95 Å². The lowest BCUT2D eigenvalue weighted by Crippen LogP contribution is -2.33. The summed E-state index contributed by atoms with van der Waals surface area (Å²) in [6, 6.07) is 7.47. The van der Waals surface area contributed by atoms with Crippen LogP contribution >= 0.6 is 0 Å². The number of nitrogens with zero attached hydrogens (tertiary/aromatic N) is 3. The van der Waals surface area contributed by atoms with Crippen LogP contribution in [0.15, 0.2) is 41.9 Å². The Labute approximate surface area is 134 Å². The molecule has 0 fully saturated rings. The highest BCUT2D eigenvalue weighted by Crippen LogP contribution is 2.43. The van der Waals surface area contributed by atoms with E-state index in [9.17, 15) is 4.79 Å². The molecule has 118 valence electrons. The summed E-state index contributed by atoms with van der Waals surface area (Å²) in [5, 5.41) is 7.62. The summed E-state index contributed by atoms with van der Waals surface area (Å²) in [6.07, 6.45) is 2.92. The number of carbonyl (C=O) groups is 1. The highest BCUT2D eigenvalue weighted by molar-refractivity contribution is 5.99. The molecule has 0 saturated heterocycles. The van der Waals surface area contributed by atoms with Crippen molar-refractivity contribution in [3.8, 4) is 5.75 Å². The molecule has 1 aromatic carbocycles. The molecule has 2 aliphatic rings. The molecule has 0 unspecified atom stereocenters. The lowest BCUT2D eigenvalue weighted by atomic mass is 9.81. The van der Waals surface area contributed by atoms with E-state index in [1.807, 2.05) is 24.3 Å². The van der Waals surface area contributed by atoms with Crippen molar-refractivity contribution >= 4 is 11.7 Å². The fraction of sp³-hybridized carbons (Fsp3) is 0.353. The largest absolute Gasteiger partial charge is 0.496 e. The first-order valence-electron chi connectivity index (χ1n) is 7.74. The first kappa shape index (κ1) is 14.0. The molecule has 1 aliphatic carbocycles. The van der Waals surface area contributed by atoms with Gasteiger partial charge in [-0.3, -0.25) is 4.79 Å². The third-order valence-electron chi connectivity index (χ3n) is 4.50. The molecule has 0 spiro atoms. The predicted octanol–water partition coefficient (Wildman–Crippen LogP) is 2.55. The van der Waals surface area contributed by atoms with Gasteiger partial charge in [-0.25, -0.2) is 4.68 Å². The summed E-state index contributed by atoms with van der Waals surface area (Å²) in [4.78, 5) is 17.0. The number of ether oxygens (including phenoxy) is 1. The Morgan fingerprint density at radius 2 is 2.13 bits per heavy atom. The van der Waals surface area contributed by atoms with Crippen LogP contribution in [0.4, 0.5) is 5.95 Å². The molecule has 0 radical (unpaired) electrons. The second kappa shape index (κ2) is 5.22. The van der Waals surface area contributed by atoms with Crippen LogP contribution < -0.4 is 10.1 Å². The standard InChI is InChI=1S/C17H18N4O2/c1-10-7-12-15(13(22)8-10)16(21-17(20-12)18-9-19-21)11-5-3-4-6-14(11)23-2/h3-6,9-10,16H,7-8H2,1-2H3,(H,18,19,20)/t10-,16+/m0/s1. The van der Waals surface area contributed by atoms with Crippen molar-refractivity contribution in [3.63, 3.8) is 0 Å². The number of anilines is 1. The predicted molar refractivity (Wildman–Crippen MR) is 85.2 cm³/mol. The first-order valence-corrected chi connectivity index (χ1v) is 7.74. The van der Waals surface area contributed by atoms with Crippen molar-refractivity contribution in [1.82, 2.24) is 14.8 Å². The zero-order chi connectivity index (χ0) is 16.0. The first-order chi connectivity index (χ1) is 11.2. The zero-order valence-electron chi connectivity index (χ0n) is 13.1. The SMILES string of the molecule is COc1ccccc1[C@@H]1C2=C(C[C@H](C)CC2=O)Nc2ncnn21. The van der Waals surface area contributed by atoms with Crippen molar-refractivity contribution in [2.45, 2.75) is 25.8 Å². The van der Waals surface area contributed by atoms with Crippen molar-refractivity contribution in [3.05, 3.63) is 47.4 Å². The number of nitrogens with one attached hydrogen (secondary N) is 1. The van der Waals surface area contributed by atoms with E-state index in [4.69, 9.17) is 4.74 Å². The minimum atomic E-state index is -0.292. The maximum absolute atomic E-state index is 12.8. The van der Waals surface area contributed by atoms with Crippen LogP contribution in [-0.4, -0.2) is 27.7 Å². The topological polar surface area (TPSA) is 69.0 Å². The summed E-state index contributed by atoms with van der Waals surface area (Å²) in [6.45, 7) is 2.10. The molecule has 4 rings (SSSR count). The number of hydrogen-bond acceptors (Lipinski definition) is 5. The van der Waals surface area contributed by atoms with E-state index < -0.39 is 0 Å². The van der Waals surface area contributed by atoms with Gasteiger partial charge in [-0.1, -0.05) is 25.1 Å². The molecule has 2 atom stereocenters. The number of hydrogen-bond donors (Lipinski definition) is 1. The van der Waals surface area contributed by atoms with Gasteiger partial charge in [0.15, 0.2) is 5.78 Å². The molecule has 1 aliphatic heterocycles. The molecule has 6 nitrogen and oxygen atoms in total. The second-order valence-electron chi connectivity index (χ2n) is 6.13. The van der Waals surface area contributed by atoms with E-state index in [2.05, 4.69) is 22.3 Å². The van der Waals surface area contributed by atoms with Crippen LogP contribution in [0.1, 0.15) is 31.4 Å². The van der Waals surface area contributed by atoms with Crippen LogP contribution in [0.2, 0.25) is 0 Å². The monoisotopic (exact) mass is 310 g/mol. The molecule has 0 saturated carbocycles. The number of benzene rings is 1. The van der Waals surface area contributed by atoms with E-state index in [-0.39, 0.29) is 11.8 Å². The molecule has 1 N–H and O–H groups in total. The van der Waals surface area contributed by atoms with Gasteiger partial charge < -0.3 is 10.1 Å². The van der Waals surface area contributed by atoms with E-state index in [1.165, 1.54) is 6.33 Å². The maximum Gasteiger partial charge on any atom is 0.226 e. The molecule has 2 heterocycles. The van der Waals surface area contributed by atoms with E-state index >= 15 is 0 Å². The number of methoxy groups -OCH3 is 1. The van der Waals surface area contributed by atoms with Crippen molar-refractivity contribution in [2.24, 2.45) is 5.92 Å². The van der Waals surface area contributed by atoms with Crippen LogP contribution in [-0.2, 0) is 4.79 Å². The van der Waals surface area contributed by atoms with Crippen LogP contribution in [0.25, 0.3) is 0 Å². The van der Waals surface area contributed by atoms with Gasteiger partial charge in [0.1, 0.15) is 18.1 Å². The van der Waals surface area contributed by atoms with Crippen molar-refractivity contribution in [1.29, 1.82) is 0 Å². The number of fused-ring (bicyclic) bond motifs is 1. The number of carbonyl (C=O) groups excluding carboxylic acids is 1.